The first-order chi connectivity index (χ1) is 9.27. The number of hydrogen-bond donors (Lipinski definition) is 0. The van der Waals surface area contributed by atoms with Gasteiger partial charge in [0.25, 0.3) is 0 Å². The van der Waals surface area contributed by atoms with Gasteiger partial charge in [-0.05, 0) is 17.5 Å². The standard InChI is InChI=1S/C17H12BrN/c1-19-16-9-5-4-7-12(16)14-10-15(18)11-6-2-3-8-13(11)17(14)19/h2-10H,1H3. The molecular weight excluding hydrogens is 298 g/mol. The van der Waals surface area contributed by atoms with E-state index < -0.39 is 0 Å². The number of aromatic nitrogens is 1. The molecule has 0 aliphatic rings. The zero-order valence-corrected chi connectivity index (χ0v) is 12.1. The fourth-order valence-corrected chi connectivity index (χ4v) is 3.57. The van der Waals surface area contributed by atoms with Crippen LogP contribution in [-0.4, -0.2) is 4.57 Å². The minimum atomic E-state index is 1.16. The first kappa shape index (κ1) is 11.1. The molecule has 2 heteroatoms. The molecule has 92 valence electrons. The maximum absolute atomic E-state index is 3.70. The van der Waals surface area contributed by atoms with Gasteiger partial charge < -0.3 is 4.57 Å². The summed E-state index contributed by atoms with van der Waals surface area (Å²) in [5, 5.41) is 5.18. The van der Waals surface area contributed by atoms with Gasteiger partial charge in [0.2, 0.25) is 0 Å². The highest BCUT2D eigenvalue weighted by Gasteiger charge is 2.12. The maximum atomic E-state index is 3.70. The minimum Gasteiger partial charge on any atom is -0.343 e. The van der Waals surface area contributed by atoms with Gasteiger partial charge in [-0.15, -0.1) is 0 Å². The molecule has 0 radical (unpaired) electrons. The van der Waals surface area contributed by atoms with Crippen LogP contribution in [0, 0.1) is 0 Å². The summed E-state index contributed by atoms with van der Waals surface area (Å²) in [5.41, 5.74) is 2.58. The summed E-state index contributed by atoms with van der Waals surface area (Å²) in [7, 11) is 2.14. The van der Waals surface area contributed by atoms with Crippen molar-refractivity contribution in [3.63, 3.8) is 0 Å². The van der Waals surface area contributed by atoms with Crippen LogP contribution in [0.3, 0.4) is 0 Å². The fourth-order valence-electron chi connectivity index (χ4n) is 3.00. The lowest BCUT2D eigenvalue weighted by Gasteiger charge is -2.05. The summed E-state index contributed by atoms with van der Waals surface area (Å²) >= 11 is 3.70. The lowest BCUT2D eigenvalue weighted by Crippen LogP contribution is -1.88. The van der Waals surface area contributed by atoms with Gasteiger partial charge in [-0.25, -0.2) is 0 Å². The molecule has 0 aliphatic heterocycles. The van der Waals surface area contributed by atoms with Crippen LogP contribution in [0.25, 0.3) is 32.6 Å². The van der Waals surface area contributed by atoms with E-state index in [1.165, 1.54) is 32.6 Å². The number of benzene rings is 3. The quantitative estimate of drug-likeness (QED) is 0.418. The van der Waals surface area contributed by atoms with E-state index in [2.05, 4.69) is 82.1 Å². The van der Waals surface area contributed by atoms with Crippen molar-refractivity contribution < 1.29 is 0 Å². The van der Waals surface area contributed by atoms with E-state index in [0.717, 1.165) is 4.47 Å². The zero-order valence-electron chi connectivity index (χ0n) is 10.5. The van der Waals surface area contributed by atoms with Crippen molar-refractivity contribution in [3.05, 3.63) is 59.1 Å². The van der Waals surface area contributed by atoms with Crippen molar-refractivity contribution in [2.45, 2.75) is 0 Å². The van der Waals surface area contributed by atoms with Gasteiger partial charge in [-0.1, -0.05) is 58.4 Å². The first-order valence-electron chi connectivity index (χ1n) is 6.32. The van der Waals surface area contributed by atoms with Gasteiger partial charge in [0.05, 0.1) is 5.52 Å². The molecule has 4 aromatic rings. The Labute approximate surface area is 119 Å². The van der Waals surface area contributed by atoms with E-state index in [0.29, 0.717) is 0 Å². The van der Waals surface area contributed by atoms with E-state index in [1.807, 2.05) is 0 Å². The smallest absolute Gasteiger partial charge is 0.0569 e. The summed E-state index contributed by atoms with van der Waals surface area (Å²) in [6, 6.07) is 19.4. The SMILES string of the molecule is Cn1c2ccccc2c2cc(Br)c3ccccc3c21. The van der Waals surface area contributed by atoms with Crippen LogP contribution in [0.2, 0.25) is 0 Å². The Kier molecular flexibility index (Phi) is 2.24. The summed E-state index contributed by atoms with van der Waals surface area (Å²) in [6.07, 6.45) is 0. The van der Waals surface area contributed by atoms with Crippen LogP contribution >= 0.6 is 15.9 Å². The summed E-state index contributed by atoms with van der Waals surface area (Å²) < 4.78 is 3.45. The molecular formula is C17H12BrN. The number of halogens is 1. The molecule has 4 rings (SSSR count). The van der Waals surface area contributed by atoms with Crippen LogP contribution in [0.15, 0.2) is 59.1 Å². The lowest BCUT2D eigenvalue weighted by molar-refractivity contribution is 1.02. The van der Waals surface area contributed by atoms with Crippen molar-refractivity contribution in [3.8, 4) is 0 Å². The maximum Gasteiger partial charge on any atom is 0.0569 e. The normalized spacial score (nSPS) is 11.7. The highest BCUT2D eigenvalue weighted by Crippen LogP contribution is 2.37. The van der Waals surface area contributed by atoms with Gasteiger partial charge in [-0.2, -0.15) is 0 Å². The number of aryl methyl sites for hydroxylation is 1. The third kappa shape index (κ3) is 1.41. The minimum absolute atomic E-state index is 1.16. The summed E-state index contributed by atoms with van der Waals surface area (Å²) in [6.45, 7) is 0. The largest absolute Gasteiger partial charge is 0.343 e. The zero-order chi connectivity index (χ0) is 13.0. The summed E-state index contributed by atoms with van der Waals surface area (Å²) in [4.78, 5) is 0. The molecule has 0 unspecified atom stereocenters. The molecule has 0 spiro atoms. The number of hydrogen-bond acceptors (Lipinski definition) is 0. The van der Waals surface area contributed by atoms with Crippen molar-refractivity contribution >= 4 is 48.5 Å². The van der Waals surface area contributed by atoms with Crippen LogP contribution in [0.5, 0.6) is 0 Å². The van der Waals surface area contributed by atoms with Crippen LogP contribution in [0.1, 0.15) is 0 Å². The second-order valence-electron chi connectivity index (χ2n) is 4.88. The van der Waals surface area contributed by atoms with E-state index in [-0.39, 0.29) is 0 Å². The topological polar surface area (TPSA) is 4.93 Å². The summed E-state index contributed by atoms with van der Waals surface area (Å²) in [5.74, 6) is 0. The van der Waals surface area contributed by atoms with Crippen molar-refractivity contribution in [2.75, 3.05) is 0 Å². The number of rotatable bonds is 0. The van der Waals surface area contributed by atoms with Gasteiger partial charge in [0.1, 0.15) is 0 Å². The third-order valence-corrected chi connectivity index (χ3v) is 4.51. The van der Waals surface area contributed by atoms with E-state index in [1.54, 1.807) is 0 Å². The Morgan fingerprint density at radius 3 is 2.21 bits per heavy atom. The monoisotopic (exact) mass is 309 g/mol. The predicted octanol–water partition coefficient (Wildman–Crippen LogP) is 5.25. The second-order valence-corrected chi connectivity index (χ2v) is 5.73. The van der Waals surface area contributed by atoms with E-state index in [4.69, 9.17) is 0 Å². The van der Waals surface area contributed by atoms with Crippen molar-refractivity contribution in [1.29, 1.82) is 0 Å². The van der Waals surface area contributed by atoms with Gasteiger partial charge >= 0.3 is 0 Å². The molecule has 19 heavy (non-hydrogen) atoms. The Bertz CT molecular complexity index is 934. The highest BCUT2D eigenvalue weighted by atomic mass is 79.9. The molecule has 0 amide bonds. The second kappa shape index (κ2) is 3.84. The lowest BCUT2D eigenvalue weighted by atomic mass is 10.1. The molecule has 0 N–H and O–H groups in total. The molecule has 0 saturated heterocycles. The average Bonchev–Trinajstić information content (AvgIpc) is 2.73. The van der Waals surface area contributed by atoms with Crippen LogP contribution in [0.4, 0.5) is 0 Å². The Balaban J connectivity index is 2.41. The van der Waals surface area contributed by atoms with E-state index in [9.17, 15) is 0 Å². The van der Waals surface area contributed by atoms with Gasteiger partial charge in [0, 0.05) is 33.2 Å². The molecule has 0 saturated carbocycles. The molecule has 3 aromatic carbocycles. The number of para-hydroxylation sites is 1. The van der Waals surface area contributed by atoms with Gasteiger partial charge in [-0.3, -0.25) is 0 Å². The molecule has 0 fully saturated rings. The molecule has 0 bridgehead atoms. The average molecular weight is 310 g/mol. The molecule has 1 nitrogen and oxygen atoms in total. The Morgan fingerprint density at radius 2 is 1.42 bits per heavy atom. The first-order valence-corrected chi connectivity index (χ1v) is 7.11. The molecule has 0 atom stereocenters. The predicted molar refractivity (Wildman–Crippen MR) is 85.6 cm³/mol. The van der Waals surface area contributed by atoms with Crippen LogP contribution < -0.4 is 0 Å². The fraction of sp³-hybridized carbons (Fsp3) is 0.0588. The number of fused-ring (bicyclic) bond motifs is 5. The molecule has 1 aromatic heterocycles. The Morgan fingerprint density at radius 1 is 0.789 bits per heavy atom. The van der Waals surface area contributed by atoms with Crippen molar-refractivity contribution in [2.24, 2.45) is 7.05 Å². The Hall–Kier alpha value is -1.80. The highest BCUT2D eigenvalue weighted by molar-refractivity contribution is 9.10. The van der Waals surface area contributed by atoms with Crippen LogP contribution in [-0.2, 0) is 7.05 Å². The van der Waals surface area contributed by atoms with Gasteiger partial charge in [0.15, 0.2) is 0 Å². The van der Waals surface area contributed by atoms with Crippen molar-refractivity contribution in [1.82, 2.24) is 4.57 Å². The van der Waals surface area contributed by atoms with E-state index >= 15 is 0 Å². The molecule has 0 aliphatic carbocycles. The number of nitrogens with zero attached hydrogens (tertiary/aromatic N) is 1. The molecule has 1 heterocycles. The third-order valence-electron chi connectivity index (χ3n) is 3.86.